The van der Waals surface area contributed by atoms with Gasteiger partial charge in [0.25, 0.3) is 0 Å². The predicted octanol–water partition coefficient (Wildman–Crippen LogP) is 3.04. The van der Waals surface area contributed by atoms with Crippen molar-refractivity contribution in [1.82, 2.24) is 10.6 Å². The lowest BCUT2D eigenvalue weighted by atomic mass is 9.98. The van der Waals surface area contributed by atoms with E-state index in [9.17, 15) is 14.4 Å². The third-order valence-corrected chi connectivity index (χ3v) is 6.73. The zero-order valence-electron chi connectivity index (χ0n) is 17.0. The highest BCUT2D eigenvalue weighted by atomic mass is 16.5. The summed E-state index contributed by atoms with van der Waals surface area (Å²) in [4.78, 5) is 36.2. The summed E-state index contributed by atoms with van der Waals surface area (Å²) in [5, 5.41) is 14.5. The van der Waals surface area contributed by atoms with Gasteiger partial charge in [-0.3, -0.25) is 9.59 Å². The Labute approximate surface area is 179 Å². The number of amides is 2. The molecule has 0 heterocycles. The Balaban J connectivity index is 1.23. The fourth-order valence-corrected chi connectivity index (χ4v) is 4.70. The van der Waals surface area contributed by atoms with E-state index >= 15 is 0 Å². The summed E-state index contributed by atoms with van der Waals surface area (Å²) in [5.41, 5.74) is 4.65. The van der Waals surface area contributed by atoms with Crippen LogP contribution in [0.2, 0.25) is 0 Å². The minimum Gasteiger partial charge on any atom is -0.481 e. The van der Waals surface area contributed by atoms with E-state index in [0.717, 1.165) is 41.5 Å². The van der Waals surface area contributed by atoms with E-state index in [-0.39, 0.29) is 24.0 Å². The van der Waals surface area contributed by atoms with Gasteiger partial charge in [-0.1, -0.05) is 48.5 Å². The Kier molecular flexibility index (Phi) is 4.68. The average Bonchev–Trinajstić information content (AvgIpc) is 3.65. The van der Waals surface area contributed by atoms with Gasteiger partial charge >= 0.3 is 12.1 Å². The third-order valence-electron chi connectivity index (χ3n) is 6.73. The minimum absolute atomic E-state index is 0.0978. The van der Waals surface area contributed by atoms with E-state index in [2.05, 4.69) is 10.6 Å². The first kappa shape index (κ1) is 19.6. The van der Waals surface area contributed by atoms with Crippen LogP contribution in [0.3, 0.4) is 0 Å². The molecule has 7 nitrogen and oxygen atoms in total. The van der Waals surface area contributed by atoms with Crippen molar-refractivity contribution < 1.29 is 24.2 Å². The van der Waals surface area contributed by atoms with Gasteiger partial charge in [0.15, 0.2) is 0 Å². The topological polar surface area (TPSA) is 105 Å². The molecule has 2 aromatic rings. The molecule has 2 atom stereocenters. The zero-order chi connectivity index (χ0) is 21.6. The molecule has 5 rings (SSSR count). The number of carbonyl (C=O) groups is 3. The van der Waals surface area contributed by atoms with Crippen LogP contribution >= 0.6 is 0 Å². The van der Waals surface area contributed by atoms with Gasteiger partial charge in [-0.15, -0.1) is 0 Å². The number of nitrogens with one attached hydrogen (secondary N) is 2. The third kappa shape index (κ3) is 3.76. The van der Waals surface area contributed by atoms with Gasteiger partial charge in [0.2, 0.25) is 5.91 Å². The molecule has 0 aliphatic heterocycles. The van der Waals surface area contributed by atoms with Gasteiger partial charge in [0, 0.05) is 12.0 Å². The molecule has 0 radical (unpaired) electrons. The van der Waals surface area contributed by atoms with E-state index in [1.165, 1.54) is 0 Å². The highest BCUT2D eigenvalue weighted by molar-refractivity contribution is 5.89. The van der Waals surface area contributed by atoms with Crippen molar-refractivity contribution in [3.05, 3.63) is 59.7 Å². The molecule has 2 saturated carbocycles. The van der Waals surface area contributed by atoms with Crippen molar-refractivity contribution in [1.29, 1.82) is 0 Å². The van der Waals surface area contributed by atoms with Crippen LogP contribution in [0, 0.1) is 5.41 Å². The molecule has 2 unspecified atom stereocenters. The highest BCUT2D eigenvalue weighted by Crippen LogP contribution is 2.65. The van der Waals surface area contributed by atoms with Crippen LogP contribution in [0.15, 0.2) is 48.5 Å². The van der Waals surface area contributed by atoms with Gasteiger partial charge in [-0.2, -0.15) is 0 Å². The molecule has 2 amide bonds. The molecule has 2 fully saturated rings. The first-order valence-electron chi connectivity index (χ1n) is 10.6. The maximum Gasteiger partial charge on any atom is 0.407 e. The van der Waals surface area contributed by atoms with E-state index < -0.39 is 30.4 Å². The second-order valence-electron chi connectivity index (χ2n) is 8.75. The summed E-state index contributed by atoms with van der Waals surface area (Å²) < 4.78 is 5.45. The number of alkyl carbamates (subject to hydrolysis) is 1. The Morgan fingerprint density at radius 1 is 1.03 bits per heavy atom. The van der Waals surface area contributed by atoms with Crippen molar-refractivity contribution in [2.24, 2.45) is 5.41 Å². The van der Waals surface area contributed by atoms with E-state index in [1.807, 2.05) is 48.5 Å². The van der Waals surface area contributed by atoms with Crippen LogP contribution in [0.1, 0.15) is 42.7 Å². The summed E-state index contributed by atoms with van der Waals surface area (Å²) in [5.74, 6) is -1.73. The molecule has 3 aliphatic rings. The summed E-state index contributed by atoms with van der Waals surface area (Å²) in [7, 11) is 0. The second kappa shape index (κ2) is 7.41. The minimum atomic E-state index is -1.16. The molecule has 3 aliphatic carbocycles. The van der Waals surface area contributed by atoms with Crippen LogP contribution in [0.4, 0.5) is 4.79 Å². The molecule has 0 bridgehead atoms. The smallest absolute Gasteiger partial charge is 0.407 e. The van der Waals surface area contributed by atoms with Gasteiger partial charge in [-0.05, 0) is 46.9 Å². The Bertz CT molecular complexity index is 1020. The number of ether oxygens (including phenoxy) is 1. The molecule has 2 aromatic carbocycles. The lowest BCUT2D eigenvalue weighted by molar-refractivity contribution is -0.139. The van der Waals surface area contributed by atoms with Crippen molar-refractivity contribution in [3.8, 4) is 11.1 Å². The summed E-state index contributed by atoms with van der Waals surface area (Å²) in [6.07, 6.45) is 1.85. The van der Waals surface area contributed by atoms with Crippen molar-refractivity contribution in [2.45, 2.75) is 43.7 Å². The number of hydrogen-bond donors (Lipinski definition) is 3. The van der Waals surface area contributed by atoms with Crippen LogP contribution in [0.5, 0.6) is 0 Å². The van der Waals surface area contributed by atoms with E-state index in [1.54, 1.807) is 0 Å². The lowest BCUT2D eigenvalue weighted by Gasteiger charge is -2.19. The van der Waals surface area contributed by atoms with Crippen LogP contribution in [-0.2, 0) is 14.3 Å². The highest BCUT2D eigenvalue weighted by Gasteiger charge is 2.63. The van der Waals surface area contributed by atoms with E-state index in [0.29, 0.717) is 0 Å². The predicted molar refractivity (Wildman–Crippen MR) is 112 cm³/mol. The lowest BCUT2D eigenvalue weighted by Crippen LogP contribution is -2.49. The Morgan fingerprint density at radius 2 is 1.65 bits per heavy atom. The monoisotopic (exact) mass is 420 g/mol. The molecular weight excluding hydrogens is 396 g/mol. The molecular formula is C24H24N2O5. The largest absolute Gasteiger partial charge is 0.481 e. The molecule has 3 N–H and O–H groups in total. The maximum atomic E-state index is 12.5. The quantitative estimate of drug-likeness (QED) is 0.639. The molecule has 7 heteroatoms. The molecule has 0 aromatic heterocycles. The standard InChI is InChI=1S/C24H24N2O5/c27-21(28)11-19(22(29)26-20-12-24(20)9-10-24)25-23(30)31-13-18-16-7-3-1-5-14(16)15-6-2-4-8-17(15)18/h1-8,18-20H,9-13H2,(H,25,30)(H,26,29)(H,27,28). The van der Waals surface area contributed by atoms with Crippen LogP contribution in [-0.4, -0.2) is 41.8 Å². The van der Waals surface area contributed by atoms with Crippen LogP contribution in [0.25, 0.3) is 11.1 Å². The van der Waals surface area contributed by atoms with Crippen molar-refractivity contribution in [3.63, 3.8) is 0 Å². The van der Waals surface area contributed by atoms with Gasteiger partial charge < -0.3 is 20.5 Å². The van der Waals surface area contributed by atoms with E-state index in [4.69, 9.17) is 9.84 Å². The number of aliphatic carboxylic acids is 1. The Morgan fingerprint density at radius 3 is 2.19 bits per heavy atom. The number of rotatable bonds is 7. The first-order chi connectivity index (χ1) is 15.0. The number of carboxylic acid groups (broad SMARTS) is 1. The number of carboxylic acids is 1. The zero-order valence-corrected chi connectivity index (χ0v) is 17.0. The van der Waals surface area contributed by atoms with Crippen LogP contribution < -0.4 is 10.6 Å². The molecule has 160 valence electrons. The number of carbonyl (C=O) groups excluding carboxylic acids is 2. The summed E-state index contributed by atoms with van der Waals surface area (Å²) in [6, 6.07) is 14.9. The molecule has 31 heavy (non-hydrogen) atoms. The average molecular weight is 420 g/mol. The number of fused-ring (bicyclic) bond motifs is 3. The second-order valence-corrected chi connectivity index (χ2v) is 8.75. The molecule has 0 saturated heterocycles. The summed E-state index contributed by atoms with van der Waals surface area (Å²) in [6.45, 7) is 0.104. The van der Waals surface area contributed by atoms with Crippen molar-refractivity contribution in [2.75, 3.05) is 6.61 Å². The Hall–Kier alpha value is -3.35. The van der Waals surface area contributed by atoms with Crippen molar-refractivity contribution >= 4 is 18.0 Å². The summed E-state index contributed by atoms with van der Waals surface area (Å²) >= 11 is 0. The van der Waals surface area contributed by atoms with Gasteiger partial charge in [0.1, 0.15) is 12.6 Å². The van der Waals surface area contributed by atoms with Gasteiger partial charge in [-0.25, -0.2) is 4.79 Å². The van der Waals surface area contributed by atoms with Gasteiger partial charge in [0.05, 0.1) is 6.42 Å². The normalized spacial score (nSPS) is 20.3. The SMILES string of the molecule is O=C(O)CC(NC(=O)OCC1c2ccccc2-c2ccccc21)C(=O)NC1CC12CC2. The molecule has 1 spiro atoms. The first-order valence-corrected chi connectivity index (χ1v) is 10.6. The maximum absolute atomic E-state index is 12.5. The number of benzene rings is 2. The number of hydrogen-bond acceptors (Lipinski definition) is 4. The fraction of sp³-hybridized carbons (Fsp3) is 0.375. The fourth-order valence-electron chi connectivity index (χ4n) is 4.70.